The number of non-ortho nitro benzene ring substituents is 1. The molecule has 0 radical (unpaired) electrons. The lowest BCUT2D eigenvalue weighted by Gasteiger charge is -2.29. The van der Waals surface area contributed by atoms with Gasteiger partial charge in [-0.3, -0.25) is 14.9 Å². The lowest BCUT2D eigenvalue weighted by molar-refractivity contribution is -0.383. The molecule has 1 fully saturated rings. The topological polar surface area (TPSA) is 100 Å². The van der Waals surface area contributed by atoms with Crippen LogP contribution in [0.3, 0.4) is 0 Å². The van der Waals surface area contributed by atoms with E-state index in [4.69, 9.17) is 4.74 Å². The number of fused-ring (bicyclic) bond motifs is 1. The third-order valence-corrected chi connectivity index (χ3v) is 3.89. The van der Waals surface area contributed by atoms with E-state index in [1.807, 2.05) is 0 Å². The molecule has 2 atom stereocenters. The Balaban J connectivity index is 2.05. The zero-order valence-electron chi connectivity index (χ0n) is 11.2. The minimum Gasteiger partial charge on any atom is -0.462 e. The first kappa shape index (κ1) is 13.5. The summed E-state index contributed by atoms with van der Waals surface area (Å²) in [5.41, 5.74) is 0.788. The van der Waals surface area contributed by atoms with Crippen molar-refractivity contribution in [1.82, 2.24) is 15.0 Å². The highest BCUT2D eigenvalue weighted by Crippen LogP contribution is 2.33. The lowest BCUT2D eigenvalue weighted by atomic mass is 9.92. The highest BCUT2D eigenvalue weighted by atomic mass is 16.6. The molecule has 3 rings (SSSR count). The van der Waals surface area contributed by atoms with Crippen molar-refractivity contribution in [3.63, 3.8) is 0 Å². The van der Waals surface area contributed by atoms with Gasteiger partial charge in [0.1, 0.15) is 6.10 Å². The largest absolute Gasteiger partial charge is 0.462 e. The number of ether oxygens (including phenoxy) is 1. The van der Waals surface area contributed by atoms with Gasteiger partial charge in [0.25, 0.3) is 12.2 Å². The molecule has 0 N–H and O–H groups in total. The molecule has 1 aliphatic rings. The van der Waals surface area contributed by atoms with Crippen LogP contribution in [-0.2, 0) is 9.53 Å². The molecular weight excluding hydrogens is 276 g/mol. The first-order valence-electron chi connectivity index (χ1n) is 6.80. The number of hydrogen-bond donors (Lipinski definition) is 0. The molecule has 0 spiro atoms. The van der Waals surface area contributed by atoms with Crippen LogP contribution in [0, 0.1) is 10.1 Å². The van der Waals surface area contributed by atoms with E-state index in [9.17, 15) is 14.9 Å². The first-order chi connectivity index (χ1) is 10.2. The third kappa shape index (κ3) is 2.32. The van der Waals surface area contributed by atoms with Gasteiger partial charge in [-0.1, -0.05) is 17.7 Å². The van der Waals surface area contributed by atoms with Crippen LogP contribution in [-0.4, -0.2) is 32.5 Å². The molecule has 0 amide bonds. The molecule has 1 heterocycles. The van der Waals surface area contributed by atoms with Gasteiger partial charge in [-0.2, -0.15) is 0 Å². The SMILES string of the molecule is O=COC1CCCCC1n1nnc2c([N+](=O)[O-])cccc21. The van der Waals surface area contributed by atoms with E-state index in [1.54, 1.807) is 16.8 Å². The zero-order valence-corrected chi connectivity index (χ0v) is 11.2. The molecule has 1 aromatic carbocycles. The van der Waals surface area contributed by atoms with E-state index in [0.717, 1.165) is 25.7 Å². The number of hydrogen-bond acceptors (Lipinski definition) is 6. The van der Waals surface area contributed by atoms with Gasteiger partial charge in [-0.25, -0.2) is 4.68 Å². The number of carbonyl (C=O) groups excluding carboxylic acids is 1. The summed E-state index contributed by atoms with van der Waals surface area (Å²) in [7, 11) is 0. The molecule has 8 heteroatoms. The maximum atomic E-state index is 11.0. The Bertz CT molecular complexity index is 684. The monoisotopic (exact) mass is 290 g/mol. The summed E-state index contributed by atoms with van der Waals surface area (Å²) in [6.45, 7) is 0.449. The Hall–Kier alpha value is -2.51. The Morgan fingerprint density at radius 2 is 2.19 bits per heavy atom. The van der Waals surface area contributed by atoms with Crippen LogP contribution in [0.5, 0.6) is 0 Å². The number of benzene rings is 1. The molecule has 0 saturated heterocycles. The normalized spacial score (nSPS) is 22.1. The summed E-state index contributed by atoms with van der Waals surface area (Å²) >= 11 is 0. The van der Waals surface area contributed by atoms with E-state index in [2.05, 4.69) is 10.3 Å². The summed E-state index contributed by atoms with van der Waals surface area (Å²) in [5.74, 6) is 0. The predicted octanol–water partition coefficient (Wildman–Crippen LogP) is 2.00. The van der Waals surface area contributed by atoms with Crippen LogP contribution in [0.1, 0.15) is 31.7 Å². The standard InChI is InChI=1S/C13H14N4O4/c18-8-21-12-7-2-1-4-9(12)16-10-5-3-6-11(17(19)20)13(10)14-15-16/h3,5-6,8-9,12H,1-2,4,7H2. The van der Waals surface area contributed by atoms with Crippen molar-refractivity contribution in [2.75, 3.05) is 0 Å². The second kappa shape index (κ2) is 5.47. The quantitative estimate of drug-likeness (QED) is 0.485. The minimum atomic E-state index is -0.471. The van der Waals surface area contributed by atoms with Gasteiger partial charge < -0.3 is 4.74 Å². The third-order valence-electron chi connectivity index (χ3n) is 3.89. The lowest BCUT2D eigenvalue weighted by Crippen LogP contribution is -2.30. The fourth-order valence-corrected chi connectivity index (χ4v) is 2.93. The second-order valence-corrected chi connectivity index (χ2v) is 5.06. The number of nitro benzene ring substituents is 1. The molecule has 8 nitrogen and oxygen atoms in total. The summed E-state index contributed by atoms with van der Waals surface area (Å²) in [6.07, 6.45) is 3.29. The number of rotatable bonds is 4. The molecule has 2 unspecified atom stereocenters. The Morgan fingerprint density at radius 1 is 1.38 bits per heavy atom. The maximum absolute atomic E-state index is 11.0. The van der Waals surface area contributed by atoms with E-state index in [1.165, 1.54) is 6.07 Å². The number of aromatic nitrogens is 3. The van der Waals surface area contributed by atoms with Crippen LogP contribution < -0.4 is 0 Å². The van der Waals surface area contributed by atoms with Crippen molar-refractivity contribution in [3.05, 3.63) is 28.3 Å². The molecule has 21 heavy (non-hydrogen) atoms. The van der Waals surface area contributed by atoms with Gasteiger partial charge in [0, 0.05) is 6.07 Å². The molecular formula is C13H14N4O4. The highest BCUT2D eigenvalue weighted by molar-refractivity contribution is 5.83. The van der Waals surface area contributed by atoms with Crippen LogP contribution in [0.4, 0.5) is 5.69 Å². The van der Waals surface area contributed by atoms with Gasteiger partial charge >= 0.3 is 0 Å². The van der Waals surface area contributed by atoms with E-state index < -0.39 is 4.92 Å². The van der Waals surface area contributed by atoms with Crippen molar-refractivity contribution in [2.45, 2.75) is 37.8 Å². The van der Waals surface area contributed by atoms with Gasteiger partial charge in [0.15, 0.2) is 5.52 Å². The van der Waals surface area contributed by atoms with E-state index in [-0.39, 0.29) is 23.3 Å². The average Bonchev–Trinajstić information content (AvgIpc) is 2.91. The zero-order chi connectivity index (χ0) is 14.8. The molecule has 2 aromatic rings. The number of carbonyl (C=O) groups is 1. The van der Waals surface area contributed by atoms with Crippen LogP contribution >= 0.6 is 0 Å². The van der Waals surface area contributed by atoms with Crippen LogP contribution in [0.2, 0.25) is 0 Å². The number of nitrogens with zero attached hydrogens (tertiary/aromatic N) is 4. The molecule has 0 aliphatic heterocycles. The summed E-state index contributed by atoms with van der Waals surface area (Å²) in [6, 6.07) is 4.63. The Labute approximate surface area is 119 Å². The average molecular weight is 290 g/mol. The fourth-order valence-electron chi connectivity index (χ4n) is 2.93. The predicted molar refractivity (Wildman–Crippen MR) is 72.6 cm³/mol. The molecule has 1 aliphatic carbocycles. The maximum Gasteiger partial charge on any atom is 0.299 e. The summed E-state index contributed by atoms with van der Waals surface area (Å²) in [4.78, 5) is 21.2. The molecule has 110 valence electrons. The van der Waals surface area contributed by atoms with Gasteiger partial charge in [-0.15, -0.1) is 5.10 Å². The van der Waals surface area contributed by atoms with Crippen LogP contribution in [0.15, 0.2) is 18.2 Å². The second-order valence-electron chi connectivity index (χ2n) is 5.06. The van der Waals surface area contributed by atoms with Gasteiger partial charge in [-0.05, 0) is 25.3 Å². The van der Waals surface area contributed by atoms with Gasteiger partial charge in [0.2, 0.25) is 0 Å². The Morgan fingerprint density at radius 3 is 2.95 bits per heavy atom. The van der Waals surface area contributed by atoms with E-state index in [0.29, 0.717) is 12.0 Å². The summed E-state index contributed by atoms with van der Waals surface area (Å²) < 4.78 is 6.79. The number of nitro groups is 1. The van der Waals surface area contributed by atoms with Crippen molar-refractivity contribution in [3.8, 4) is 0 Å². The van der Waals surface area contributed by atoms with Crippen molar-refractivity contribution < 1.29 is 14.5 Å². The fraction of sp³-hybridized carbons (Fsp3) is 0.462. The minimum absolute atomic E-state index is 0.0672. The van der Waals surface area contributed by atoms with Crippen molar-refractivity contribution in [1.29, 1.82) is 0 Å². The van der Waals surface area contributed by atoms with Gasteiger partial charge in [0.05, 0.1) is 16.5 Å². The summed E-state index contributed by atoms with van der Waals surface area (Å²) in [5, 5.41) is 19.0. The molecule has 0 bridgehead atoms. The van der Waals surface area contributed by atoms with Crippen LogP contribution in [0.25, 0.3) is 11.0 Å². The first-order valence-corrected chi connectivity index (χ1v) is 6.80. The smallest absolute Gasteiger partial charge is 0.299 e. The molecule has 1 saturated carbocycles. The highest BCUT2D eigenvalue weighted by Gasteiger charge is 2.31. The van der Waals surface area contributed by atoms with E-state index >= 15 is 0 Å². The van der Waals surface area contributed by atoms with Crippen molar-refractivity contribution >= 4 is 23.2 Å². The molecule has 1 aromatic heterocycles. The van der Waals surface area contributed by atoms with Crippen molar-refractivity contribution in [2.24, 2.45) is 0 Å². The Kier molecular flexibility index (Phi) is 3.51.